The van der Waals surface area contributed by atoms with Gasteiger partial charge in [0.1, 0.15) is 16.9 Å². The Hall–Kier alpha value is -3.39. The Kier molecular flexibility index (Phi) is 7.70. The van der Waals surface area contributed by atoms with Gasteiger partial charge in [-0.25, -0.2) is 19.6 Å². The fourth-order valence-corrected chi connectivity index (χ4v) is 4.41. The number of rotatable bonds is 7. The quantitative estimate of drug-likeness (QED) is 0.577. The number of benzene rings is 1. The number of nitrogens with zero attached hydrogens (tertiary/aromatic N) is 4. The molecule has 0 bridgehead atoms. The molecule has 0 aliphatic carbocycles. The van der Waals surface area contributed by atoms with Gasteiger partial charge in [-0.2, -0.15) is 8.78 Å². The van der Waals surface area contributed by atoms with Crippen LogP contribution in [-0.2, 0) is 20.7 Å². The van der Waals surface area contributed by atoms with Crippen LogP contribution in [0.5, 0.6) is 0 Å². The van der Waals surface area contributed by atoms with E-state index in [1.165, 1.54) is 33.4 Å². The van der Waals surface area contributed by atoms with Crippen LogP contribution in [0.3, 0.4) is 0 Å². The number of alkyl halides is 2. The summed E-state index contributed by atoms with van der Waals surface area (Å²) < 4.78 is 44.7. The third kappa shape index (κ3) is 6.00. The molecule has 2 aliphatic rings. The molecule has 0 unspecified atom stereocenters. The SMILES string of the molecule is O=C(NC[C@H]1CN(c2ccc(N3CCNN(C(=O)Cc4nccs4)CC3)c(F)c2)C(=O)O1)C(F)F. The van der Waals surface area contributed by atoms with Crippen molar-refractivity contribution in [2.75, 3.05) is 49.1 Å². The molecule has 2 fully saturated rings. The van der Waals surface area contributed by atoms with Crippen LogP contribution >= 0.6 is 11.3 Å². The van der Waals surface area contributed by atoms with Gasteiger partial charge in [0.15, 0.2) is 0 Å². The Balaban J connectivity index is 1.35. The van der Waals surface area contributed by atoms with Gasteiger partial charge < -0.3 is 15.0 Å². The number of hydrogen-bond acceptors (Lipinski definition) is 8. The van der Waals surface area contributed by atoms with Gasteiger partial charge in [0.25, 0.3) is 5.91 Å². The van der Waals surface area contributed by atoms with Crippen LogP contribution in [0.15, 0.2) is 29.8 Å². The Bertz CT molecular complexity index is 1070. The average Bonchev–Trinajstić information content (AvgIpc) is 3.39. The molecule has 10 nitrogen and oxygen atoms in total. The van der Waals surface area contributed by atoms with E-state index >= 15 is 4.39 Å². The third-order valence-electron chi connectivity index (χ3n) is 5.52. The lowest BCUT2D eigenvalue weighted by atomic mass is 10.2. The van der Waals surface area contributed by atoms with Crippen molar-refractivity contribution < 1.29 is 32.3 Å². The van der Waals surface area contributed by atoms with Crippen LogP contribution in [0, 0.1) is 5.82 Å². The van der Waals surface area contributed by atoms with E-state index in [-0.39, 0.29) is 31.1 Å². The molecule has 3 heterocycles. The maximum atomic E-state index is 15.0. The first kappa shape index (κ1) is 24.7. The number of halogens is 3. The summed E-state index contributed by atoms with van der Waals surface area (Å²) in [6.45, 7) is 1.32. The predicted molar refractivity (Wildman–Crippen MR) is 121 cm³/mol. The Morgan fingerprint density at radius 1 is 1.29 bits per heavy atom. The summed E-state index contributed by atoms with van der Waals surface area (Å²) in [5.74, 6) is -2.14. The van der Waals surface area contributed by atoms with Crippen molar-refractivity contribution in [3.8, 4) is 0 Å². The molecule has 1 aromatic heterocycles. The first-order chi connectivity index (χ1) is 16.8. The van der Waals surface area contributed by atoms with Crippen molar-refractivity contribution >= 4 is 40.6 Å². The third-order valence-corrected chi connectivity index (χ3v) is 6.30. The van der Waals surface area contributed by atoms with Crippen molar-refractivity contribution in [1.82, 2.24) is 20.7 Å². The van der Waals surface area contributed by atoms with E-state index in [0.29, 0.717) is 31.9 Å². The molecule has 3 amide bonds. The van der Waals surface area contributed by atoms with Gasteiger partial charge in [-0.3, -0.25) is 19.5 Å². The number of amides is 3. The van der Waals surface area contributed by atoms with Gasteiger partial charge in [0.2, 0.25) is 5.91 Å². The normalized spacial score (nSPS) is 18.6. The van der Waals surface area contributed by atoms with Crippen LogP contribution in [0.4, 0.5) is 29.3 Å². The van der Waals surface area contributed by atoms with E-state index in [0.717, 1.165) is 5.01 Å². The highest BCUT2D eigenvalue weighted by Crippen LogP contribution is 2.28. The first-order valence-corrected chi connectivity index (χ1v) is 11.7. The molecule has 0 spiro atoms. The van der Waals surface area contributed by atoms with Gasteiger partial charge in [0, 0.05) is 31.2 Å². The van der Waals surface area contributed by atoms with E-state index in [1.807, 2.05) is 5.32 Å². The lowest BCUT2D eigenvalue weighted by Crippen LogP contribution is -2.44. The van der Waals surface area contributed by atoms with Crippen LogP contribution in [0.25, 0.3) is 0 Å². The molecule has 0 saturated carbocycles. The number of anilines is 2. The Labute approximate surface area is 202 Å². The molecule has 0 radical (unpaired) electrons. The van der Waals surface area contributed by atoms with Gasteiger partial charge in [0.05, 0.1) is 37.4 Å². The molecular weight excluding hydrogens is 489 g/mol. The largest absolute Gasteiger partial charge is 0.442 e. The number of cyclic esters (lactones) is 1. The summed E-state index contributed by atoms with van der Waals surface area (Å²) in [4.78, 5) is 42.8. The maximum absolute atomic E-state index is 15.0. The van der Waals surface area contributed by atoms with Gasteiger partial charge in [-0.15, -0.1) is 11.3 Å². The Morgan fingerprint density at radius 2 is 2.11 bits per heavy atom. The summed E-state index contributed by atoms with van der Waals surface area (Å²) in [5.41, 5.74) is 3.62. The van der Waals surface area contributed by atoms with Gasteiger partial charge >= 0.3 is 12.5 Å². The fraction of sp³-hybridized carbons (Fsp3) is 0.429. The van der Waals surface area contributed by atoms with Gasteiger partial charge in [-0.1, -0.05) is 0 Å². The van der Waals surface area contributed by atoms with E-state index in [1.54, 1.807) is 22.5 Å². The predicted octanol–water partition coefficient (Wildman–Crippen LogP) is 1.38. The van der Waals surface area contributed by atoms with Crippen LogP contribution in [0.1, 0.15) is 5.01 Å². The molecule has 1 aromatic carbocycles. The van der Waals surface area contributed by atoms with E-state index in [4.69, 9.17) is 4.74 Å². The van der Waals surface area contributed by atoms with Crippen molar-refractivity contribution in [1.29, 1.82) is 0 Å². The lowest BCUT2D eigenvalue weighted by Gasteiger charge is -2.24. The zero-order valence-corrected chi connectivity index (χ0v) is 19.3. The second kappa shape index (κ2) is 10.9. The number of carbonyl (C=O) groups is 3. The smallest absolute Gasteiger partial charge is 0.414 e. The average molecular weight is 513 g/mol. The Morgan fingerprint density at radius 3 is 2.83 bits per heavy atom. The summed E-state index contributed by atoms with van der Waals surface area (Å²) >= 11 is 1.40. The number of hydrogen-bond donors (Lipinski definition) is 2. The maximum Gasteiger partial charge on any atom is 0.414 e. The molecule has 14 heteroatoms. The molecule has 188 valence electrons. The zero-order valence-electron chi connectivity index (χ0n) is 18.5. The van der Waals surface area contributed by atoms with Crippen molar-refractivity contribution in [3.63, 3.8) is 0 Å². The molecule has 2 aliphatic heterocycles. The van der Waals surface area contributed by atoms with Crippen LogP contribution < -0.4 is 20.5 Å². The number of aromatic nitrogens is 1. The molecular formula is C21H23F3N6O4S. The van der Waals surface area contributed by atoms with Gasteiger partial charge in [-0.05, 0) is 18.2 Å². The fourth-order valence-electron chi connectivity index (χ4n) is 3.80. The first-order valence-electron chi connectivity index (χ1n) is 10.8. The molecule has 2 saturated heterocycles. The minimum Gasteiger partial charge on any atom is -0.442 e. The van der Waals surface area contributed by atoms with Crippen molar-refractivity contribution in [2.24, 2.45) is 0 Å². The topological polar surface area (TPSA) is 107 Å². The minimum absolute atomic E-state index is 0.0229. The summed E-state index contributed by atoms with van der Waals surface area (Å²) in [6, 6.07) is 4.29. The highest BCUT2D eigenvalue weighted by molar-refractivity contribution is 7.09. The summed E-state index contributed by atoms with van der Waals surface area (Å²) in [5, 5.41) is 6.04. The highest BCUT2D eigenvalue weighted by atomic mass is 32.1. The van der Waals surface area contributed by atoms with Crippen LogP contribution in [0.2, 0.25) is 0 Å². The number of carbonyl (C=O) groups excluding carboxylic acids is 3. The summed E-state index contributed by atoms with van der Waals surface area (Å²) in [7, 11) is 0. The van der Waals surface area contributed by atoms with E-state index in [9.17, 15) is 23.2 Å². The monoisotopic (exact) mass is 512 g/mol. The molecule has 1 atom stereocenters. The van der Waals surface area contributed by atoms with Crippen molar-refractivity contribution in [3.05, 3.63) is 40.6 Å². The molecule has 35 heavy (non-hydrogen) atoms. The second-order valence-corrected chi connectivity index (χ2v) is 8.82. The highest BCUT2D eigenvalue weighted by Gasteiger charge is 2.33. The van der Waals surface area contributed by atoms with Crippen LogP contribution in [-0.4, -0.2) is 79.7 Å². The standard InChI is InChI=1S/C21H23F3N6O4S/c22-15-9-13(29-12-14(34-21(29)33)11-26-20(32)19(23)24)1-2-16(15)28-5-3-27-30(7-6-28)18(31)10-17-25-4-8-35-17/h1-2,4,8-9,14,19,27H,3,5-7,10-12H2,(H,26,32)/t14-/m0/s1. The molecule has 2 aromatic rings. The van der Waals surface area contributed by atoms with E-state index in [2.05, 4.69) is 10.4 Å². The van der Waals surface area contributed by atoms with E-state index < -0.39 is 30.3 Å². The van der Waals surface area contributed by atoms with Crippen molar-refractivity contribution in [2.45, 2.75) is 19.0 Å². The molecule has 2 N–H and O–H groups in total. The number of hydrazine groups is 1. The second-order valence-electron chi connectivity index (χ2n) is 7.84. The zero-order chi connectivity index (χ0) is 24.9. The minimum atomic E-state index is -3.16. The molecule has 4 rings (SSSR count). The summed E-state index contributed by atoms with van der Waals surface area (Å²) in [6.07, 6.45) is -2.93. The number of nitrogens with one attached hydrogen (secondary N) is 2. The number of thiazole rings is 1. The lowest BCUT2D eigenvalue weighted by molar-refractivity contribution is -0.133. The number of ether oxygens (including phenoxy) is 1.